The number of unbranched alkanes of at least 4 members (excludes halogenated alkanes) is 2. The van der Waals surface area contributed by atoms with Crippen LogP contribution in [0.25, 0.3) is 22.6 Å². The molecule has 5 rings (SSSR count). The van der Waals surface area contributed by atoms with Crippen molar-refractivity contribution in [3.05, 3.63) is 113 Å². The maximum absolute atomic E-state index is 14.2. The number of rotatable bonds is 36. The number of furan rings is 2. The Balaban J connectivity index is 1.27. The van der Waals surface area contributed by atoms with Gasteiger partial charge in [-0.1, -0.05) is 76.4 Å². The molecular weight excluding hydrogens is 1110 g/mol. The first-order valence-electron chi connectivity index (χ1n) is 27.6. The molecule has 0 aliphatic heterocycles. The van der Waals surface area contributed by atoms with E-state index in [1.807, 2.05) is 37.3 Å². The maximum atomic E-state index is 14.2. The van der Waals surface area contributed by atoms with E-state index in [4.69, 9.17) is 28.3 Å². The molecule has 5 aromatic rings. The second-order valence-electron chi connectivity index (χ2n) is 19.2. The zero-order valence-electron chi connectivity index (χ0n) is 47.6. The molecule has 26 heteroatoms. The number of aliphatic carboxylic acids is 2. The molecule has 3 aromatic carbocycles. The number of hydrogen-bond acceptors (Lipinski definition) is 17. The van der Waals surface area contributed by atoms with E-state index >= 15 is 0 Å². The molecule has 0 saturated heterocycles. The van der Waals surface area contributed by atoms with E-state index in [1.165, 1.54) is 48.5 Å². The summed E-state index contributed by atoms with van der Waals surface area (Å²) < 4.78 is 23.0. The number of carboxylic acid groups (broad SMARTS) is 2. The van der Waals surface area contributed by atoms with Crippen molar-refractivity contribution in [2.24, 2.45) is 11.8 Å². The molecule has 5 atom stereocenters. The summed E-state index contributed by atoms with van der Waals surface area (Å²) in [6, 6.07) is 17.8. The number of carbonyl (C=O) groups excluding carboxylic acids is 8. The van der Waals surface area contributed by atoms with E-state index in [2.05, 4.69) is 26.6 Å². The molecule has 0 fully saturated rings. The van der Waals surface area contributed by atoms with Crippen LogP contribution in [-0.2, 0) is 40.0 Å². The Bertz CT molecular complexity index is 3120. The number of amides is 7. The number of nitrogens with one attached hydrogen (secondary N) is 5. The lowest BCUT2D eigenvalue weighted by atomic mass is 9.90. The van der Waals surface area contributed by atoms with Crippen LogP contribution >= 0.6 is 0 Å². The minimum Gasteiger partial charge on any atom is -0.507 e. The smallest absolute Gasteiger partial charge is 0.370 e. The monoisotopic (exact) mass is 1180 g/mol. The number of carbonyl (C=O) groups is 10. The van der Waals surface area contributed by atoms with Gasteiger partial charge in [-0.15, -0.1) is 0 Å². The Morgan fingerprint density at radius 1 is 0.635 bits per heavy atom. The van der Waals surface area contributed by atoms with Gasteiger partial charge < -0.3 is 65.0 Å². The number of aromatic hydroxyl groups is 1. The normalized spacial score (nSPS) is 12.6. The summed E-state index contributed by atoms with van der Waals surface area (Å²) in [6.07, 6.45) is 3.22. The molecule has 0 spiro atoms. The maximum Gasteiger partial charge on any atom is 0.370 e. The number of phenolic OH excluding ortho intramolecular Hbond substituents is 1. The first kappa shape index (κ1) is 66.1. The van der Waals surface area contributed by atoms with Crippen LogP contribution < -0.4 is 36.1 Å². The van der Waals surface area contributed by atoms with E-state index in [0.29, 0.717) is 41.4 Å². The summed E-state index contributed by atoms with van der Waals surface area (Å²) in [7, 11) is 0. The quantitative estimate of drug-likeness (QED) is 0.00724. The highest BCUT2D eigenvalue weighted by molar-refractivity contribution is 6.00. The van der Waals surface area contributed by atoms with E-state index in [1.54, 1.807) is 27.7 Å². The highest BCUT2D eigenvalue weighted by Crippen LogP contribution is 2.37. The SMILES string of the molecule is CCCCC[C@@H](C(=O)NCNC(=O)c1ccc(-c2cc(O)c(C(=O)ON(C=O)[C@H](CC)[C@@H](CCc3ccccc3)C(=O)NCNC(=O)c3ccc(-c4ccc(C(=O)N[C@@H](CC(=O)O)C(=O)O)c(OCC)c4)o3)c(OCC)c2)o1)[C@@H](CC)N(O)C=O. The van der Waals surface area contributed by atoms with Crippen molar-refractivity contribution in [3.8, 4) is 39.9 Å². The summed E-state index contributed by atoms with van der Waals surface area (Å²) in [5, 5.41) is 53.7. The van der Waals surface area contributed by atoms with E-state index in [-0.39, 0.29) is 91.2 Å². The highest BCUT2D eigenvalue weighted by atomic mass is 16.7. The minimum absolute atomic E-state index is 0.0115. The number of phenols is 1. The molecule has 0 aliphatic rings. The fourth-order valence-corrected chi connectivity index (χ4v) is 9.32. The standard InChI is InChI=1S/C59H71N7O19/c1-6-11-13-18-38(42(7-2)65(80)33-67)53(72)60-31-62-57(76)48-26-24-46(84-48)37-27-44(69)52(50(29-37)82-10-5)59(79)85-66(34-68)43(8-3)39(21-19-35-16-14-12-15-17-35)54(73)61-32-63-56(75)47-25-23-45(83-47)36-20-22-40(49(28-36)81-9-4)55(74)64-41(58(77)78)30-51(70)71/h12,14-17,20,22-29,33-34,38-39,41-43,69,80H,6-11,13,18-19,21,30-32H2,1-5H3,(H,60,72)(H,61,73)(H,62,76)(H,63,75)(H,64,74)(H,70,71)(H,77,78)/t38-,39-,41+,42-,43-/m1/s1. The van der Waals surface area contributed by atoms with Gasteiger partial charge in [-0.2, -0.15) is 5.06 Å². The number of carboxylic acids is 2. The topological polar surface area (TPSA) is 372 Å². The van der Waals surface area contributed by atoms with E-state index < -0.39 is 102 Å². The Labute approximate surface area is 489 Å². The lowest BCUT2D eigenvalue weighted by Gasteiger charge is -2.32. The van der Waals surface area contributed by atoms with Crippen LogP contribution in [0.1, 0.15) is 133 Å². The lowest BCUT2D eigenvalue weighted by molar-refractivity contribution is -0.171. The molecule has 0 bridgehead atoms. The van der Waals surface area contributed by atoms with Crippen LogP contribution in [0.15, 0.2) is 93.8 Å². The van der Waals surface area contributed by atoms with Crippen LogP contribution in [0.4, 0.5) is 0 Å². The summed E-state index contributed by atoms with van der Waals surface area (Å²) >= 11 is 0. The number of hydroxylamine groups is 4. The van der Waals surface area contributed by atoms with Crippen LogP contribution in [-0.4, -0.2) is 136 Å². The van der Waals surface area contributed by atoms with Gasteiger partial charge in [-0.3, -0.25) is 43.6 Å². The molecular formula is C59H71N7O19. The number of ether oxygens (including phenoxy) is 2. The van der Waals surface area contributed by atoms with Gasteiger partial charge in [0.05, 0.1) is 62.5 Å². The Morgan fingerprint density at radius 3 is 1.75 bits per heavy atom. The van der Waals surface area contributed by atoms with E-state index in [9.17, 15) is 63.4 Å². The lowest BCUT2D eigenvalue weighted by Crippen LogP contribution is -2.49. The molecule has 0 radical (unpaired) electrons. The van der Waals surface area contributed by atoms with Gasteiger partial charge in [0.1, 0.15) is 40.4 Å². The second-order valence-corrected chi connectivity index (χ2v) is 19.2. The van der Waals surface area contributed by atoms with Crippen molar-refractivity contribution in [1.82, 2.24) is 36.7 Å². The summed E-state index contributed by atoms with van der Waals surface area (Å²) in [6.45, 7) is 7.98. The van der Waals surface area contributed by atoms with Crippen molar-refractivity contribution in [2.45, 2.75) is 111 Å². The van der Waals surface area contributed by atoms with Gasteiger partial charge in [0.2, 0.25) is 24.6 Å². The van der Waals surface area contributed by atoms with Gasteiger partial charge in [-0.05, 0) is 100 Å². The molecule has 0 aliphatic carbocycles. The van der Waals surface area contributed by atoms with Crippen LogP contribution in [0, 0.1) is 11.8 Å². The van der Waals surface area contributed by atoms with Crippen LogP contribution in [0.3, 0.4) is 0 Å². The van der Waals surface area contributed by atoms with Gasteiger partial charge in [0.25, 0.3) is 17.7 Å². The third-order valence-corrected chi connectivity index (χ3v) is 13.6. The first-order valence-corrected chi connectivity index (χ1v) is 27.6. The number of hydrogen-bond donors (Lipinski definition) is 9. The number of benzene rings is 3. The summed E-state index contributed by atoms with van der Waals surface area (Å²) in [4.78, 5) is 134. The van der Waals surface area contributed by atoms with Crippen molar-refractivity contribution in [1.29, 1.82) is 0 Å². The van der Waals surface area contributed by atoms with Crippen LogP contribution in [0.5, 0.6) is 17.2 Å². The zero-order valence-corrected chi connectivity index (χ0v) is 47.6. The molecule has 456 valence electrons. The average Bonchev–Trinajstić information content (AvgIpc) is 4.28. The number of nitrogens with zero attached hydrogens (tertiary/aromatic N) is 2. The van der Waals surface area contributed by atoms with Crippen molar-refractivity contribution >= 4 is 60.3 Å². The van der Waals surface area contributed by atoms with E-state index in [0.717, 1.165) is 24.5 Å². The minimum atomic E-state index is -1.72. The molecule has 7 amide bonds. The first-order chi connectivity index (χ1) is 40.8. The van der Waals surface area contributed by atoms with Crippen molar-refractivity contribution in [3.63, 3.8) is 0 Å². The second kappa shape index (κ2) is 32.8. The highest BCUT2D eigenvalue weighted by Gasteiger charge is 2.36. The van der Waals surface area contributed by atoms with Crippen LogP contribution in [0.2, 0.25) is 0 Å². The Kier molecular flexibility index (Phi) is 25.5. The molecule has 0 unspecified atom stereocenters. The van der Waals surface area contributed by atoms with Gasteiger partial charge >= 0.3 is 17.9 Å². The summed E-state index contributed by atoms with van der Waals surface area (Å²) in [5.41, 5.74) is 0.771. The third kappa shape index (κ3) is 18.4. The van der Waals surface area contributed by atoms with Crippen molar-refractivity contribution in [2.75, 3.05) is 26.6 Å². The fraction of sp³-hybridized carbons (Fsp3) is 0.390. The number of aryl methyl sites for hydroxylation is 1. The zero-order chi connectivity index (χ0) is 62.2. The molecule has 2 heterocycles. The predicted molar refractivity (Wildman–Crippen MR) is 301 cm³/mol. The Hall–Kier alpha value is -9.72. The van der Waals surface area contributed by atoms with Gasteiger partial charge in [0.15, 0.2) is 11.5 Å². The molecule has 85 heavy (non-hydrogen) atoms. The molecule has 2 aromatic heterocycles. The average molecular weight is 1180 g/mol. The predicted octanol–water partition coefficient (Wildman–Crippen LogP) is 6.06. The van der Waals surface area contributed by atoms with Gasteiger partial charge in [-0.25, -0.2) is 14.7 Å². The summed E-state index contributed by atoms with van der Waals surface area (Å²) in [5.74, 6) is -10.5. The largest absolute Gasteiger partial charge is 0.507 e. The molecule has 26 nitrogen and oxygen atoms in total. The molecule has 0 saturated carbocycles. The fourth-order valence-electron chi connectivity index (χ4n) is 9.32. The molecule has 9 N–H and O–H groups in total. The Morgan fingerprint density at radius 2 is 1.21 bits per heavy atom. The third-order valence-electron chi connectivity index (χ3n) is 13.6. The van der Waals surface area contributed by atoms with Gasteiger partial charge in [0, 0.05) is 11.1 Å². The van der Waals surface area contributed by atoms with Crippen molar-refractivity contribution < 1.29 is 91.6 Å².